The number of morpholine rings is 1. The first-order chi connectivity index (χ1) is 10.6. The zero-order chi connectivity index (χ0) is 15.9. The van der Waals surface area contributed by atoms with Gasteiger partial charge in [-0.3, -0.25) is 4.79 Å². The van der Waals surface area contributed by atoms with Crippen molar-refractivity contribution in [3.63, 3.8) is 0 Å². The molecule has 1 saturated heterocycles. The second-order valence-corrected chi connectivity index (χ2v) is 5.79. The van der Waals surface area contributed by atoms with Crippen LogP contribution in [0, 0.1) is 11.3 Å². The molecule has 2 unspecified atom stereocenters. The zero-order valence-corrected chi connectivity index (χ0v) is 13.2. The summed E-state index contributed by atoms with van der Waals surface area (Å²) in [5.41, 5.74) is 1.77. The number of hydrogen-bond donors (Lipinski definition) is 1. The van der Waals surface area contributed by atoms with E-state index in [-0.39, 0.29) is 18.1 Å². The number of benzene rings is 1. The highest BCUT2D eigenvalue weighted by Crippen LogP contribution is 2.11. The lowest BCUT2D eigenvalue weighted by Gasteiger charge is -2.35. The smallest absolute Gasteiger partial charge is 0.224 e. The van der Waals surface area contributed by atoms with Crippen molar-refractivity contribution in [2.45, 2.75) is 39.0 Å². The summed E-state index contributed by atoms with van der Waals surface area (Å²) in [6.07, 6.45) is 0.717. The van der Waals surface area contributed by atoms with Gasteiger partial charge in [0.2, 0.25) is 5.91 Å². The minimum absolute atomic E-state index is 0.110. The summed E-state index contributed by atoms with van der Waals surface area (Å²) in [5.74, 6) is 0.175. The van der Waals surface area contributed by atoms with Crippen LogP contribution >= 0.6 is 0 Å². The van der Waals surface area contributed by atoms with Crippen LogP contribution in [-0.2, 0) is 16.1 Å². The third kappa shape index (κ3) is 4.83. The Morgan fingerprint density at radius 1 is 1.32 bits per heavy atom. The molecular formula is C17H23N3O2. The molecule has 0 spiro atoms. The second kappa shape index (κ2) is 7.92. The minimum Gasteiger partial charge on any atom is -0.372 e. The third-order valence-corrected chi connectivity index (χ3v) is 3.70. The highest BCUT2D eigenvalue weighted by Gasteiger charge is 2.25. The Morgan fingerprint density at radius 2 is 1.95 bits per heavy atom. The van der Waals surface area contributed by atoms with Crippen molar-refractivity contribution in [2.75, 3.05) is 19.6 Å². The molecule has 118 valence electrons. The molecule has 1 N–H and O–H groups in total. The first-order valence-electron chi connectivity index (χ1n) is 7.71. The molecule has 5 nitrogen and oxygen atoms in total. The van der Waals surface area contributed by atoms with Crippen LogP contribution in [0.4, 0.5) is 0 Å². The van der Waals surface area contributed by atoms with E-state index in [4.69, 9.17) is 10.00 Å². The number of hydrogen-bond acceptors (Lipinski definition) is 4. The van der Waals surface area contributed by atoms with Gasteiger partial charge in [-0.05, 0) is 31.5 Å². The van der Waals surface area contributed by atoms with Crippen molar-refractivity contribution >= 4 is 5.91 Å². The van der Waals surface area contributed by atoms with Gasteiger partial charge in [0, 0.05) is 32.6 Å². The van der Waals surface area contributed by atoms with Gasteiger partial charge in [0.1, 0.15) is 0 Å². The molecule has 22 heavy (non-hydrogen) atoms. The molecule has 0 radical (unpaired) electrons. The van der Waals surface area contributed by atoms with Crippen LogP contribution in [0.15, 0.2) is 24.3 Å². The highest BCUT2D eigenvalue weighted by atomic mass is 16.5. The van der Waals surface area contributed by atoms with E-state index >= 15 is 0 Å². The predicted octanol–water partition coefficient (Wildman–Crippen LogP) is 1.67. The molecule has 5 heteroatoms. The van der Waals surface area contributed by atoms with E-state index in [1.807, 2.05) is 30.9 Å². The lowest BCUT2D eigenvalue weighted by atomic mass is 10.1. The second-order valence-electron chi connectivity index (χ2n) is 5.79. The predicted molar refractivity (Wildman–Crippen MR) is 84.1 cm³/mol. The fourth-order valence-corrected chi connectivity index (χ4v) is 2.66. The monoisotopic (exact) mass is 301 g/mol. The van der Waals surface area contributed by atoms with Gasteiger partial charge in [0.15, 0.2) is 0 Å². The van der Waals surface area contributed by atoms with Gasteiger partial charge < -0.3 is 15.0 Å². The summed E-state index contributed by atoms with van der Waals surface area (Å²) in [7, 11) is 0. The van der Waals surface area contributed by atoms with Gasteiger partial charge >= 0.3 is 0 Å². The largest absolute Gasteiger partial charge is 0.372 e. The average molecular weight is 301 g/mol. The lowest BCUT2D eigenvalue weighted by molar-refractivity contribution is -0.143. The SMILES string of the molecule is CC1CN(C(=O)CCNCc2ccc(C#N)cc2)CC(C)O1. The molecule has 1 aliphatic rings. The van der Waals surface area contributed by atoms with Gasteiger partial charge in [-0.2, -0.15) is 5.26 Å². The zero-order valence-electron chi connectivity index (χ0n) is 13.2. The molecule has 1 amide bonds. The molecule has 2 rings (SSSR count). The highest BCUT2D eigenvalue weighted by molar-refractivity contribution is 5.76. The first-order valence-corrected chi connectivity index (χ1v) is 7.71. The fourth-order valence-electron chi connectivity index (χ4n) is 2.66. The lowest BCUT2D eigenvalue weighted by Crippen LogP contribution is -2.48. The Hall–Kier alpha value is -1.90. The van der Waals surface area contributed by atoms with E-state index in [1.54, 1.807) is 12.1 Å². The molecule has 0 bridgehead atoms. The molecule has 1 aliphatic heterocycles. The fraction of sp³-hybridized carbons (Fsp3) is 0.529. The molecule has 0 aliphatic carbocycles. The molecule has 0 aromatic heterocycles. The summed E-state index contributed by atoms with van der Waals surface area (Å²) < 4.78 is 5.64. The Bertz CT molecular complexity index is 526. The van der Waals surface area contributed by atoms with Crippen LogP contribution in [0.5, 0.6) is 0 Å². The van der Waals surface area contributed by atoms with Crippen LogP contribution in [0.3, 0.4) is 0 Å². The number of carbonyl (C=O) groups excluding carboxylic acids is 1. The van der Waals surface area contributed by atoms with Crippen molar-refractivity contribution < 1.29 is 9.53 Å². The van der Waals surface area contributed by atoms with Crippen LogP contribution in [0.25, 0.3) is 0 Å². The summed E-state index contributed by atoms with van der Waals surface area (Å²) in [6, 6.07) is 9.57. The van der Waals surface area contributed by atoms with Crippen molar-refractivity contribution in [2.24, 2.45) is 0 Å². The van der Waals surface area contributed by atoms with E-state index in [9.17, 15) is 4.79 Å². The van der Waals surface area contributed by atoms with Gasteiger partial charge in [-0.1, -0.05) is 12.1 Å². The van der Waals surface area contributed by atoms with E-state index in [0.29, 0.717) is 38.2 Å². The summed E-state index contributed by atoms with van der Waals surface area (Å²) in [6.45, 7) is 6.71. The van der Waals surface area contributed by atoms with Crippen molar-refractivity contribution in [3.8, 4) is 6.07 Å². The number of nitriles is 1. The molecule has 1 fully saturated rings. The summed E-state index contributed by atoms with van der Waals surface area (Å²) in [4.78, 5) is 14.1. The number of ether oxygens (including phenoxy) is 1. The Morgan fingerprint density at radius 3 is 2.55 bits per heavy atom. The molecule has 2 atom stereocenters. The Labute approximate surface area is 131 Å². The topological polar surface area (TPSA) is 65.4 Å². The van der Waals surface area contributed by atoms with Gasteiger partial charge in [0.05, 0.1) is 23.8 Å². The van der Waals surface area contributed by atoms with Gasteiger partial charge in [-0.25, -0.2) is 0 Å². The van der Waals surface area contributed by atoms with Crippen molar-refractivity contribution in [1.82, 2.24) is 10.2 Å². The maximum absolute atomic E-state index is 12.2. The van der Waals surface area contributed by atoms with E-state index in [2.05, 4.69) is 11.4 Å². The summed E-state index contributed by atoms with van der Waals surface area (Å²) >= 11 is 0. The third-order valence-electron chi connectivity index (χ3n) is 3.70. The minimum atomic E-state index is 0.110. The van der Waals surface area contributed by atoms with Crippen molar-refractivity contribution in [1.29, 1.82) is 5.26 Å². The number of rotatable bonds is 5. The summed E-state index contributed by atoms with van der Waals surface area (Å²) in [5, 5.41) is 12.0. The Kier molecular flexibility index (Phi) is 5.93. The number of carbonyl (C=O) groups is 1. The van der Waals surface area contributed by atoms with Crippen LogP contribution in [0.2, 0.25) is 0 Å². The standard InChI is InChI=1S/C17H23N3O2/c1-13-11-20(12-14(2)22-13)17(21)7-8-19-10-16-5-3-15(9-18)4-6-16/h3-6,13-14,19H,7-8,10-12H2,1-2H3. The van der Waals surface area contributed by atoms with Crippen molar-refractivity contribution in [3.05, 3.63) is 35.4 Å². The molecule has 1 aromatic rings. The van der Waals surface area contributed by atoms with E-state index in [1.165, 1.54) is 0 Å². The van der Waals surface area contributed by atoms with Crippen LogP contribution < -0.4 is 5.32 Å². The van der Waals surface area contributed by atoms with Gasteiger partial charge in [0.25, 0.3) is 0 Å². The molecular weight excluding hydrogens is 278 g/mol. The maximum Gasteiger partial charge on any atom is 0.224 e. The number of nitrogens with zero attached hydrogens (tertiary/aromatic N) is 2. The number of nitrogens with one attached hydrogen (secondary N) is 1. The van der Waals surface area contributed by atoms with E-state index in [0.717, 1.165) is 5.56 Å². The molecule has 1 aromatic carbocycles. The van der Waals surface area contributed by atoms with Crippen LogP contribution in [-0.4, -0.2) is 42.6 Å². The van der Waals surface area contributed by atoms with E-state index < -0.39 is 0 Å². The first kappa shape index (κ1) is 16.5. The Balaban J connectivity index is 1.69. The van der Waals surface area contributed by atoms with Crippen LogP contribution in [0.1, 0.15) is 31.4 Å². The molecule has 1 heterocycles. The average Bonchev–Trinajstić information content (AvgIpc) is 2.51. The quantitative estimate of drug-likeness (QED) is 0.840. The maximum atomic E-state index is 12.2. The van der Waals surface area contributed by atoms with Gasteiger partial charge in [-0.15, -0.1) is 0 Å². The molecule has 0 saturated carbocycles. The normalized spacial score (nSPS) is 21.4. The number of amides is 1.